The number of hydrogen-bond acceptors (Lipinski definition) is 5. The van der Waals surface area contributed by atoms with E-state index in [9.17, 15) is 19.7 Å². The molecule has 182 valence electrons. The number of quaternary nitrogens is 1. The van der Waals surface area contributed by atoms with Crippen LogP contribution in [0.4, 0.5) is 11.4 Å². The van der Waals surface area contributed by atoms with Crippen LogP contribution in [0.5, 0.6) is 0 Å². The highest BCUT2D eigenvalue weighted by Crippen LogP contribution is 2.53. The molecule has 3 heterocycles. The Bertz CT molecular complexity index is 1430. The largest absolute Gasteiger partial charge is 0.320 e. The van der Waals surface area contributed by atoms with E-state index in [-0.39, 0.29) is 29.3 Å². The second kappa shape index (κ2) is 8.28. The lowest BCUT2D eigenvalue weighted by Crippen LogP contribution is -3.19. The van der Waals surface area contributed by atoms with Gasteiger partial charge in [0.2, 0.25) is 5.54 Å². The third kappa shape index (κ3) is 3.10. The van der Waals surface area contributed by atoms with Crippen LogP contribution in [0.1, 0.15) is 38.5 Å². The Morgan fingerprint density at radius 3 is 2.64 bits per heavy atom. The summed E-state index contributed by atoms with van der Waals surface area (Å²) < 4.78 is 0. The van der Waals surface area contributed by atoms with Crippen molar-refractivity contribution in [3.8, 4) is 0 Å². The van der Waals surface area contributed by atoms with Gasteiger partial charge in [0.05, 0.1) is 22.3 Å². The third-order valence-corrected chi connectivity index (χ3v) is 9.19. The number of carbonyl (C=O) groups excluding carboxylic acids is 2. The third-order valence-electron chi connectivity index (χ3n) is 8.08. The number of rotatable bonds is 4. The lowest BCUT2D eigenvalue weighted by atomic mass is 9.69. The van der Waals surface area contributed by atoms with E-state index in [2.05, 4.69) is 5.32 Å². The molecular weight excluding hydrogens is 474 g/mol. The number of Topliss-reactive ketones (excluding diaryl/α,β-unsaturated/α-hetero) is 1. The van der Waals surface area contributed by atoms with Crippen LogP contribution in [0.2, 0.25) is 0 Å². The van der Waals surface area contributed by atoms with Gasteiger partial charge in [-0.25, -0.2) is 0 Å². The fourth-order valence-corrected chi connectivity index (χ4v) is 8.19. The van der Waals surface area contributed by atoms with E-state index >= 15 is 0 Å². The summed E-state index contributed by atoms with van der Waals surface area (Å²) in [4.78, 5) is 40.9. The first-order chi connectivity index (χ1) is 17.3. The van der Waals surface area contributed by atoms with Gasteiger partial charge in [-0.05, 0) is 31.0 Å². The van der Waals surface area contributed by atoms with Gasteiger partial charge in [-0.3, -0.25) is 19.7 Å². The summed E-state index contributed by atoms with van der Waals surface area (Å²) in [5.41, 5.74) is 3.85. The molecule has 2 N–H and O–H groups in total. The average molecular weight is 501 g/mol. The van der Waals surface area contributed by atoms with Crippen LogP contribution in [0.15, 0.2) is 66.7 Å². The zero-order chi connectivity index (χ0) is 25.2. The van der Waals surface area contributed by atoms with Gasteiger partial charge in [0.25, 0.3) is 11.6 Å². The lowest BCUT2D eigenvalue weighted by molar-refractivity contribution is -0.941. The van der Waals surface area contributed by atoms with Crippen LogP contribution < -0.4 is 10.2 Å². The predicted octanol–water partition coefficient (Wildman–Crippen LogP) is 3.61. The molecule has 3 aliphatic rings. The Kier molecular flexibility index (Phi) is 5.28. The van der Waals surface area contributed by atoms with Crippen LogP contribution >= 0.6 is 11.8 Å². The second-order valence-corrected chi connectivity index (χ2v) is 11.0. The molecule has 4 unspecified atom stereocenters. The quantitative estimate of drug-likeness (QED) is 0.324. The van der Waals surface area contributed by atoms with Crippen molar-refractivity contribution in [2.45, 2.75) is 31.3 Å². The smallest absolute Gasteiger partial charge is 0.291 e. The van der Waals surface area contributed by atoms with Gasteiger partial charge in [-0.2, -0.15) is 0 Å². The number of benzene rings is 3. The zero-order valence-electron chi connectivity index (χ0n) is 20.0. The molecule has 0 saturated carbocycles. The van der Waals surface area contributed by atoms with Crippen LogP contribution in [-0.2, 0) is 10.3 Å². The van der Waals surface area contributed by atoms with Crippen molar-refractivity contribution >= 4 is 34.8 Å². The van der Waals surface area contributed by atoms with Gasteiger partial charge in [-0.15, -0.1) is 0 Å². The summed E-state index contributed by atoms with van der Waals surface area (Å²) in [6.45, 7) is 3.99. The number of anilines is 1. The van der Waals surface area contributed by atoms with E-state index in [0.717, 1.165) is 38.6 Å². The van der Waals surface area contributed by atoms with E-state index in [1.54, 1.807) is 36.0 Å². The maximum Gasteiger partial charge on any atom is 0.291 e. The highest BCUT2D eigenvalue weighted by Gasteiger charge is 2.73. The molecule has 0 radical (unpaired) electrons. The standard InChI is InChI=1S/C28H25N3O4S/c1-16-11-17(2)25-21(12-16)28(27(33)29-25)24(26(32)18-7-4-3-5-8-18)23(22-14-36-15-30(22)28)19-9-6-10-20(13-19)31(34)35/h3-13,22-24H,14-15H2,1-2H3,(H,29,33)/p+1/t22?,23?,24?,28-/m1/s1. The van der Waals surface area contributed by atoms with E-state index < -0.39 is 16.4 Å². The summed E-state index contributed by atoms with van der Waals surface area (Å²) in [6.07, 6.45) is 0. The van der Waals surface area contributed by atoms with Gasteiger partial charge in [0.15, 0.2) is 5.78 Å². The maximum absolute atomic E-state index is 14.4. The van der Waals surface area contributed by atoms with Gasteiger partial charge >= 0.3 is 0 Å². The van der Waals surface area contributed by atoms with Crippen molar-refractivity contribution < 1.29 is 19.4 Å². The number of nitrogens with zero attached hydrogens (tertiary/aromatic N) is 1. The topological polar surface area (TPSA) is 93.8 Å². The number of nitro groups is 1. The Balaban J connectivity index is 1.64. The summed E-state index contributed by atoms with van der Waals surface area (Å²) in [7, 11) is 0. The zero-order valence-corrected chi connectivity index (χ0v) is 20.8. The molecule has 36 heavy (non-hydrogen) atoms. The van der Waals surface area contributed by atoms with Crippen LogP contribution in [0.3, 0.4) is 0 Å². The van der Waals surface area contributed by atoms with Crippen LogP contribution in [0, 0.1) is 29.9 Å². The Hall–Kier alpha value is -3.49. The van der Waals surface area contributed by atoms with Crippen LogP contribution in [0.25, 0.3) is 0 Å². The molecule has 3 aliphatic heterocycles. The number of thioether (sulfide) groups is 1. The number of non-ortho nitro benzene ring substituents is 1. The normalized spacial score (nSPS) is 28.1. The van der Waals surface area contributed by atoms with Crippen LogP contribution in [-0.4, -0.2) is 34.3 Å². The first kappa shape index (κ1) is 22.9. The molecule has 7 nitrogen and oxygen atoms in total. The minimum atomic E-state index is -1.11. The fourth-order valence-electron chi connectivity index (χ4n) is 6.75. The molecule has 0 aromatic heterocycles. The van der Waals surface area contributed by atoms with Gasteiger partial charge in [-0.1, -0.05) is 65.9 Å². The minimum absolute atomic E-state index is 0.00507. The van der Waals surface area contributed by atoms with Crippen molar-refractivity contribution in [2.24, 2.45) is 5.92 Å². The Morgan fingerprint density at radius 1 is 1.11 bits per heavy atom. The van der Waals surface area contributed by atoms with Gasteiger partial charge in [0.1, 0.15) is 17.8 Å². The van der Waals surface area contributed by atoms with Gasteiger partial charge in [0, 0.05) is 23.3 Å². The van der Waals surface area contributed by atoms with E-state index in [1.165, 1.54) is 6.07 Å². The molecule has 1 amide bonds. The molecule has 3 aromatic carbocycles. The second-order valence-electron chi connectivity index (χ2n) is 10.00. The number of aryl methyl sites for hydroxylation is 2. The van der Waals surface area contributed by atoms with E-state index in [4.69, 9.17) is 0 Å². The molecule has 0 aliphatic carbocycles. The molecule has 6 rings (SSSR count). The summed E-state index contributed by atoms with van der Waals surface area (Å²) in [5.74, 6) is 0.160. The lowest BCUT2D eigenvalue weighted by Gasteiger charge is -2.33. The molecule has 5 atom stereocenters. The van der Waals surface area contributed by atoms with Crippen molar-refractivity contribution in [1.82, 2.24) is 0 Å². The molecular formula is C28H26N3O4S+. The van der Waals surface area contributed by atoms with Crippen molar-refractivity contribution in [1.29, 1.82) is 0 Å². The predicted molar refractivity (Wildman–Crippen MR) is 138 cm³/mol. The number of ketones is 1. The molecule has 2 fully saturated rings. The maximum atomic E-state index is 14.4. The summed E-state index contributed by atoms with van der Waals surface area (Å²) >= 11 is 1.77. The van der Waals surface area contributed by atoms with Crippen molar-refractivity contribution in [2.75, 3.05) is 16.9 Å². The molecule has 8 heteroatoms. The first-order valence-corrected chi connectivity index (χ1v) is 13.2. The summed E-state index contributed by atoms with van der Waals surface area (Å²) in [5, 5.41) is 14.8. The molecule has 1 spiro atoms. The highest BCUT2D eigenvalue weighted by atomic mass is 32.2. The van der Waals surface area contributed by atoms with Crippen molar-refractivity contribution in [3.05, 3.63) is 105 Å². The Labute approximate surface area is 213 Å². The number of carbonyl (C=O) groups is 2. The summed E-state index contributed by atoms with van der Waals surface area (Å²) in [6, 6.07) is 19.8. The number of nitro benzene ring substituents is 1. The van der Waals surface area contributed by atoms with E-state index in [0.29, 0.717) is 11.4 Å². The number of fused-ring (bicyclic) bond motifs is 4. The molecule has 2 saturated heterocycles. The average Bonchev–Trinajstić information content (AvgIpc) is 3.53. The SMILES string of the molecule is Cc1cc(C)c2c(c1)[C@]1(C(=O)N2)C(C(=O)c2ccccc2)C(c2cccc([N+](=O)[O-])c2)C2CSC[NH+]21. The monoisotopic (exact) mass is 500 g/mol. The first-order valence-electron chi connectivity index (χ1n) is 12.0. The molecule has 0 bridgehead atoms. The number of hydrogen-bond donors (Lipinski definition) is 2. The molecule has 3 aromatic rings. The minimum Gasteiger partial charge on any atom is -0.320 e. The van der Waals surface area contributed by atoms with E-state index in [1.807, 2.05) is 50.2 Å². The Morgan fingerprint density at radius 2 is 1.89 bits per heavy atom. The fraction of sp³-hybridized carbons (Fsp3) is 0.286. The number of nitrogens with one attached hydrogen (secondary N) is 2. The highest BCUT2D eigenvalue weighted by molar-refractivity contribution is 7.99. The number of amides is 1. The van der Waals surface area contributed by atoms with Gasteiger partial charge < -0.3 is 10.2 Å². The van der Waals surface area contributed by atoms with Crippen molar-refractivity contribution in [3.63, 3.8) is 0 Å².